The van der Waals surface area contributed by atoms with Gasteiger partial charge in [-0.05, 0) is 11.1 Å². The van der Waals surface area contributed by atoms with Gasteiger partial charge in [-0.15, -0.1) is 0 Å². The summed E-state index contributed by atoms with van der Waals surface area (Å²) in [5, 5.41) is 33.3. The van der Waals surface area contributed by atoms with Gasteiger partial charge in [-0.2, -0.15) is 0 Å². The highest BCUT2D eigenvalue weighted by Gasteiger charge is 2.36. The molecule has 1 aliphatic heterocycles. The van der Waals surface area contributed by atoms with E-state index < -0.39 is 36.5 Å². The average Bonchev–Trinajstić information content (AvgIpc) is 3.01. The van der Waals surface area contributed by atoms with Gasteiger partial charge in [0.15, 0.2) is 6.10 Å². The van der Waals surface area contributed by atoms with Gasteiger partial charge in [-0.1, -0.05) is 60.7 Å². The van der Waals surface area contributed by atoms with Crippen LogP contribution in [0.3, 0.4) is 0 Å². The molecule has 0 aromatic heterocycles. The lowest BCUT2D eigenvalue weighted by molar-refractivity contribution is -0.152. The molecule has 2 aromatic rings. The Morgan fingerprint density at radius 2 is 1.47 bits per heavy atom. The van der Waals surface area contributed by atoms with Crippen LogP contribution in [-0.2, 0) is 32.3 Å². The number of aliphatic carboxylic acids is 2. The molecule has 3 rings (SSSR count). The second-order valence-electron chi connectivity index (χ2n) is 6.67. The highest BCUT2D eigenvalue weighted by atomic mass is 16.4. The summed E-state index contributed by atoms with van der Waals surface area (Å²) < 4.78 is 0. The highest BCUT2D eigenvalue weighted by Crippen LogP contribution is 2.16. The van der Waals surface area contributed by atoms with E-state index in [9.17, 15) is 24.3 Å². The minimum Gasteiger partial charge on any atom is -0.481 e. The molecule has 1 saturated heterocycles. The molecule has 0 radical (unpaired) electrons. The number of imide groups is 1. The van der Waals surface area contributed by atoms with Gasteiger partial charge in [-0.3, -0.25) is 19.3 Å². The Hall–Kier alpha value is -3.60. The van der Waals surface area contributed by atoms with Gasteiger partial charge in [0.25, 0.3) is 5.91 Å². The largest absolute Gasteiger partial charge is 0.481 e. The average molecular weight is 446 g/mol. The van der Waals surface area contributed by atoms with E-state index in [0.717, 1.165) is 10.5 Å². The van der Waals surface area contributed by atoms with Crippen LogP contribution in [0.4, 0.5) is 0 Å². The predicted octanol–water partition coefficient (Wildman–Crippen LogP) is 0.358. The smallest absolute Gasteiger partial charge is 0.333 e. The van der Waals surface area contributed by atoms with Gasteiger partial charge in [0, 0.05) is 6.54 Å². The molecular formula is C22H26N2O8. The first-order valence-corrected chi connectivity index (χ1v) is 9.58. The van der Waals surface area contributed by atoms with Crippen LogP contribution in [0.25, 0.3) is 0 Å². The Bertz CT molecular complexity index is 889. The first-order chi connectivity index (χ1) is 15.1. The Labute approximate surface area is 184 Å². The number of hydrogen-bond acceptors (Lipinski definition) is 7. The van der Waals surface area contributed by atoms with Crippen molar-refractivity contribution in [3.05, 3.63) is 71.8 Å². The van der Waals surface area contributed by atoms with E-state index in [-0.39, 0.29) is 18.9 Å². The summed E-state index contributed by atoms with van der Waals surface area (Å²) >= 11 is 0. The van der Waals surface area contributed by atoms with Crippen molar-refractivity contribution in [3.8, 4) is 0 Å². The van der Waals surface area contributed by atoms with Gasteiger partial charge in [0.05, 0.1) is 19.4 Å². The summed E-state index contributed by atoms with van der Waals surface area (Å²) in [5.74, 6) is -3.65. The van der Waals surface area contributed by atoms with Crippen LogP contribution in [-0.4, -0.2) is 61.3 Å². The second kappa shape index (κ2) is 13.7. The summed E-state index contributed by atoms with van der Waals surface area (Å²) in [5.41, 5.74) is 7.42. The zero-order valence-electron chi connectivity index (χ0n) is 17.2. The van der Waals surface area contributed by atoms with Gasteiger partial charge in [-0.25, -0.2) is 4.79 Å². The molecule has 2 amide bonds. The SMILES string of the molecule is NCc1ccccc1.O=C(O)C[C@@H](O)C(=O)O.O=C1C[C@@H](O)C(=O)N1Cc1ccccc1. The summed E-state index contributed by atoms with van der Waals surface area (Å²) in [6, 6.07) is 19.2. The molecule has 0 bridgehead atoms. The molecule has 32 heavy (non-hydrogen) atoms. The van der Waals surface area contributed by atoms with Crippen LogP contribution in [0, 0.1) is 0 Å². The fraction of sp³-hybridized carbons (Fsp3) is 0.273. The first-order valence-electron chi connectivity index (χ1n) is 9.58. The number of nitrogens with zero attached hydrogens (tertiary/aromatic N) is 1. The van der Waals surface area contributed by atoms with Crippen molar-refractivity contribution in [2.24, 2.45) is 5.73 Å². The van der Waals surface area contributed by atoms with E-state index >= 15 is 0 Å². The topological polar surface area (TPSA) is 178 Å². The van der Waals surface area contributed by atoms with Crippen molar-refractivity contribution >= 4 is 23.8 Å². The molecule has 0 unspecified atom stereocenters. The van der Waals surface area contributed by atoms with Crippen LogP contribution in [0.5, 0.6) is 0 Å². The quantitative estimate of drug-likeness (QED) is 0.392. The first kappa shape index (κ1) is 26.4. The number of hydrogen-bond donors (Lipinski definition) is 5. The number of aliphatic hydroxyl groups excluding tert-OH is 2. The number of carboxylic acid groups (broad SMARTS) is 2. The third-order valence-corrected chi connectivity index (χ3v) is 4.14. The Morgan fingerprint density at radius 1 is 0.969 bits per heavy atom. The van der Waals surface area contributed by atoms with E-state index in [1.807, 2.05) is 60.7 Å². The molecule has 0 spiro atoms. The summed E-state index contributed by atoms with van der Waals surface area (Å²) in [4.78, 5) is 43.2. The third kappa shape index (κ3) is 9.47. The Balaban J connectivity index is 0.000000260. The lowest BCUT2D eigenvalue weighted by Gasteiger charge is -2.13. The zero-order chi connectivity index (χ0) is 24.1. The lowest BCUT2D eigenvalue weighted by atomic mass is 10.2. The van der Waals surface area contributed by atoms with Crippen molar-refractivity contribution in [2.45, 2.75) is 38.1 Å². The number of carboxylic acids is 2. The number of likely N-dealkylation sites (tertiary alicyclic amines) is 1. The van der Waals surface area contributed by atoms with E-state index in [4.69, 9.17) is 21.1 Å². The summed E-state index contributed by atoms with van der Waals surface area (Å²) in [6.45, 7) is 0.885. The number of benzene rings is 2. The number of amides is 2. The lowest BCUT2D eigenvalue weighted by Crippen LogP contribution is -2.31. The molecule has 10 nitrogen and oxygen atoms in total. The minimum atomic E-state index is -1.79. The molecule has 1 heterocycles. The molecular weight excluding hydrogens is 420 g/mol. The fourth-order valence-electron chi connectivity index (χ4n) is 2.46. The number of carbonyl (C=O) groups is 4. The summed E-state index contributed by atoms with van der Waals surface area (Å²) in [6.07, 6.45) is -3.79. The van der Waals surface area contributed by atoms with Crippen molar-refractivity contribution < 1.29 is 39.6 Å². The number of nitrogens with two attached hydrogens (primary N) is 1. The molecule has 0 saturated carbocycles. The van der Waals surface area contributed by atoms with Crippen LogP contribution in [0.15, 0.2) is 60.7 Å². The van der Waals surface area contributed by atoms with Crippen LogP contribution >= 0.6 is 0 Å². The fourth-order valence-corrected chi connectivity index (χ4v) is 2.46. The van der Waals surface area contributed by atoms with Gasteiger partial charge >= 0.3 is 11.9 Å². The standard InChI is InChI=1S/C11H11NO3.C7H9N.C4H6O5/c13-9-6-10(14)12(11(9)15)7-8-4-2-1-3-5-8;8-6-7-4-2-1-3-5-7;5-2(4(8)9)1-3(6)7/h1-5,9,13H,6-7H2;1-5H,6,8H2;2,5H,1H2,(H,6,7)(H,8,9)/t9-;;2-/m1.1/s1. The van der Waals surface area contributed by atoms with Gasteiger partial charge < -0.3 is 26.2 Å². The number of rotatable bonds is 6. The highest BCUT2D eigenvalue weighted by molar-refractivity contribution is 6.04. The monoisotopic (exact) mass is 446 g/mol. The van der Waals surface area contributed by atoms with Gasteiger partial charge in [0.1, 0.15) is 6.10 Å². The number of aliphatic hydroxyl groups is 2. The predicted molar refractivity (Wildman–Crippen MR) is 113 cm³/mol. The molecule has 0 aliphatic carbocycles. The Kier molecular flexibility index (Phi) is 11.3. The molecule has 172 valence electrons. The molecule has 2 atom stereocenters. The maximum atomic E-state index is 11.4. The minimum absolute atomic E-state index is 0.0916. The zero-order valence-corrected chi connectivity index (χ0v) is 17.2. The Morgan fingerprint density at radius 3 is 1.78 bits per heavy atom. The van der Waals surface area contributed by atoms with E-state index in [1.165, 1.54) is 5.56 Å². The summed E-state index contributed by atoms with van der Waals surface area (Å²) in [7, 11) is 0. The maximum absolute atomic E-state index is 11.4. The van der Waals surface area contributed by atoms with Gasteiger partial charge in [0.2, 0.25) is 5.91 Å². The molecule has 2 aromatic carbocycles. The van der Waals surface area contributed by atoms with Crippen LogP contribution in [0.1, 0.15) is 24.0 Å². The van der Waals surface area contributed by atoms with Crippen molar-refractivity contribution in [3.63, 3.8) is 0 Å². The van der Waals surface area contributed by atoms with E-state index in [2.05, 4.69) is 0 Å². The van der Waals surface area contributed by atoms with Crippen LogP contribution < -0.4 is 5.73 Å². The van der Waals surface area contributed by atoms with Crippen molar-refractivity contribution in [2.75, 3.05) is 0 Å². The number of carbonyl (C=O) groups excluding carboxylic acids is 2. The molecule has 6 N–H and O–H groups in total. The molecule has 1 aliphatic rings. The third-order valence-electron chi connectivity index (χ3n) is 4.14. The second-order valence-corrected chi connectivity index (χ2v) is 6.67. The van der Waals surface area contributed by atoms with Crippen molar-refractivity contribution in [1.82, 2.24) is 4.90 Å². The molecule has 10 heteroatoms. The molecule has 1 fully saturated rings. The van der Waals surface area contributed by atoms with Crippen molar-refractivity contribution in [1.29, 1.82) is 0 Å². The van der Waals surface area contributed by atoms with Crippen LogP contribution in [0.2, 0.25) is 0 Å². The normalized spacial score (nSPS) is 15.7. The maximum Gasteiger partial charge on any atom is 0.333 e. The van der Waals surface area contributed by atoms with E-state index in [0.29, 0.717) is 6.54 Å². The van der Waals surface area contributed by atoms with E-state index in [1.54, 1.807) is 0 Å².